The molecule has 96 valence electrons. The van der Waals surface area contributed by atoms with Crippen LogP contribution in [0.1, 0.15) is 53.4 Å². The van der Waals surface area contributed by atoms with E-state index in [4.69, 9.17) is 11.6 Å². The summed E-state index contributed by atoms with van der Waals surface area (Å²) in [5.41, 5.74) is 0. The zero-order valence-electron chi connectivity index (χ0n) is 11.1. The molecule has 0 aliphatic heterocycles. The number of hydrogen-bond acceptors (Lipinski definition) is 1. The van der Waals surface area contributed by atoms with Crippen LogP contribution in [0.25, 0.3) is 0 Å². The van der Waals surface area contributed by atoms with Gasteiger partial charge in [-0.25, -0.2) is 0 Å². The first-order chi connectivity index (χ1) is 7.52. The molecule has 0 rings (SSSR count). The van der Waals surface area contributed by atoms with Gasteiger partial charge in [-0.1, -0.05) is 40.5 Å². The van der Waals surface area contributed by atoms with Crippen molar-refractivity contribution in [2.24, 2.45) is 11.8 Å². The van der Waals surface area contributed by atoms with Gasteiger partial charge in [0.05, 0.1) is 5.38 Å². The lowest BCUT2D eigenvalue weighted by molar-refractivity contribution is -0.125. The molecule has 3 heteroatoms. The highest BCUT2D eigenvalue weighted by Crippen LogP contribution is 2.14. The van der Waals surface area contributed by atoms with Crippen LogP contribution < -0.4 is 5.32 Å². The minimum atomic E-state index is 0.0350. The maximum atomic E-state index is 11.9. The normalized spacial score (nSPS) is 13.2. The molecule has 16 heavy (non-hydrogen) atoms. The molecule has 1 atom stereocenters. The van der Waals surface area contributed by atoms with E-state index in [-0.39, 0.29) is 17.2 Å². The summed E-state index contributed by atoms with van der Waals surface area (Å²) in [5, 5.41) is 3.00. The van der Waals surface area contributed by atoms with Crippen LogP contribution in [-0.4, -0.2) is 17.8 Å². The van der Waals surface area contributed by atoms with E-state index in [9.17, 15) is 4.79 Å². The van der Waals surface area contributed by atoms with Crippen LogP contribution in [0.4, 0.5) is 0 Å². The molecule has 2 nitrogen and oxygen atoms in total. The summed E-state index contributed by atoms with van der Waals surface area (Å²) in [7, 11) is 0. The SMILES string of the molecule is CCCC(CCC)C(=O)NCC(Cl)C(C)C. The molecule has 0 aliphatic rings. The minimum absolute atomic E-state index is 0.0350. The van der Waals surface area contributed by atoms with Crippen LogP contribution in [0.3, 0.4) is 0 Å². The average molecular weight is 248 g/mol. The number of nitrogens with one attached hydrogen (secondary N) is 1. The molecular formula is C13H26ClNO. The molecule has 1 unspecified atom stereocenters. The summed E-state index contributed by atoms with van der Waals surface area (Å²) < 4.78 is 0. The summed E-state index contributed by atoms with van der Waals surface area (Å²) in [5.74, 6) is 0.749. The zero-order valence-corrected chi connectivity index (χ0v) is 11.8. The van der Waals surface area contributed by atoms with Crippen molar-refractivity contribution in [2.75, 3.05) is 6.54 Å². The monoisotopic (exact) mass is 247 g/mol. The van der Waals surface area contributed by atoms with Gasteiger partial charge in [0.15, 0.2) is 0 Å². The molecule has 0 fully saturated rings. The van der Waals surface area contributed by atoms with E-state index < -0.39 is 0 Å². The highest BCUT2D eigenvalue weighted by molar-refractivity contribution is 6.21. The van der Waals surface area contributed by atoms with E-state index in [1.807, 2.05) is 0 Å². The molecule has 0 bridgehead atoms. The summed E-state index contributed by atoms with van der Waals surface area (Å²) in [4.78, 5) is 11.9. The third-order valence-corrected chi connectivity index (χ3v) is 3.50. The highest BCUT2D eigenvalue weighted by Gasteiger charge is 2.18. The predicted octanol–water partition coefficient (Wildman–Crippen LogP) is 3.58. The fraction of sp³-hybridized carbons (Fsp3) is 0.923. The Labute approximate surface area is 105 Å². The van der Waals surface area contributed by atoms with E-state index in [1.165, 1.54) is 0 Å². The molecule has 1 N–H and O–H groups in total. The molecule has 0 spiro atoms. The maximum absolute atomic E-state index is 11.9. The van der Waals surface area contributed by atoms with Crippen LogP contribution in [0.2, 0.25) is 0 Å². The van der Waals surface area contributed by atoms with Crippen molar-refractivity contribution in [3.8, 4) is 0 Å². The van der Waals surface area contributed by atoms with Crippen molar-refractivity contribution in [1.29, 1.82) is 0 Å². The largest absolute Gasteiger partial charge is 0.354 e. The summed E-state index contributed by atoms with van der Waals surface area (Å²) >= 11 is 6.10. The van der Waals surface area contributed by atoms with Crippen LogP contribution in [0, 0.1) is 11.8 Å². The molecular weight excluding hydrogens is 222 g/mol. The quantitative estimate of drug-likeness (QED) is 0.653. The van der Waals surface area contributed by atoms with Gasteiger partial charge in [-0.3, -0.25) is 4.79 Å². The molecule has 0 aromatic carbocycles. The summed E-state index contributed by atoms with van der Waals surface area (Å²) in [6.45, 7) is 8.96. The lowest BCUT2D eigenvalue weighted by Crippen LogP contribution is -2.36. The smallest absolute Gasteiger partial charge is 0.223 e. The van der Waals surface area contributed by atoms with Gasteiger partial charge in [0, 0.05) is 12.5 Å². The fourth-order valence-corrected chi connectivity index (χ4v) is 1.76. The first kappa shape index (κ1) is 15.8. The Kier molecular flexibility index (Phi) is 8.73. The van der Waals surface area contributed by atoms with Crippen molar-refractivity contribution in [3.05, 3.63) is 0 Å². The van der Waals surface area contributed by atoms with Crippen LogP contribution in [0.5, 0.6) is 0 Å². The Morgan fingerprint density at radius 1 is 1.19 bits per heavy atom. The molecule has 0 aliphatic carbocycles. The maximum Gasteiger partial charge on any atom is 0.223 e. The fourth-order valence-electron chi connectivity index (χ4n) is 1.68. The number of halogens is 1. The third-order valence-electron chi connectivity index (χ3n) is 2.84. The van der Waals surface area contributed by atoms with Crippen molar-refractivity contribution >= 4 is 17.5 Å². The van der Waals surface area contributed by atoms with Gasteiger partial charge < -0.3 is 5.32 Å². The summed E-state index contributed by atoms with van der Waals surface area (Å²) in [6, 6.07) is 0. The van der Waals surface area contributed by atoms with Crippen LogP contribution in [-0.2, 0) is 4.79 Å². The average Bonchev–Trinajstić information content (AvgIpc) is 2.24. The van der Waals surface area contributed by atoms with Crippen molar-refractivity contribution in [3.63, 3.8) is 0 Å². The first-order valence-corrected chi connectivity index (χ1v) is 6.88. The number of alkyl halides is 1. The molecule has 0 radical (unpaired) electrons. The van der Waals surface area contributed by atoms with Gasteiger partial charge in [-0.2, -0.15) is 0 Å². The molecule has 0 aromatic heterocycles. The van der Waals surface area contributed by atoms with Crippen molar-refractivity contribution in [2.45, 2.75) is 58.8 Å². The predicted molar refractivity (Wildman–Crippen MR) is 70.8 cm³/mol. The lowest BCUT2D eigenvalue weighted by atomic mass is 9.97. The van der Waals surface area contributed by atoms with E-state index >= 15 is 0 Å². The Bertz CT molecular complexity index is 188. The first-order valence-electron chi connectivity index (χ1n) is 6.44. The van der Waals surface area contributed by atoms with Gasteiger partial charge in [0.1, 0.15) is 0 Å². The number of amides is 1. The summed E-state index contributed by atoms with van der Waals surface area (Å²) in [6.07, 6.45) is 4.09. The second-order valence-corrected chi connectivity index (χ2v) is 5.34. The number of carbonyl (C=O) groups is 1. The van der Waals surface area contributed by atoms with Gasteiger partial charge in [0.25, 0.3) is 0 Å². The van der Waals surface area contributed by atoms with E-state index in [2.05, 4.69) is 33.0 Å². The van der Waals surface area contributed by atoms with Crippen molar-refractivity contribution < 1.29 is 4.79 Å². The van der Waals surface area contributed by atoms with Gasteiger partial charge in [0.2, 0.25) is 5.91 Å². The topological polar surface area (TPSA) is 29.1 Å². The molecule has 1 amide bonds. The molecule has 0 saturated carbocycles. The van der Waals surface area contributed by atoms with E-state index in [1.54, 1.807) is 0 Å². The molecule has 0 heterocycles. The zero-order chi connectivity index (χ0) is 12.6. The standard InChI is InChI=1S/C13H26ClNO/c1-5-7-11(8-6-2)13(16)15-9-12(14)10(3)4/h10-12H,5-9H2,1-4H3,(H,15,16). The van der Waals surface area contributed by atoms with E-state index in [0.717, 1.165) is 25.7 Å². The van der Waals surface area contributed by atoms with Crippen LogP contribution >= 0.6 is 11.6 Å². The van der Waals surface area contributed by atoms with Crippen LogP contribution in [0.15, 0.2) is 0 Å². The number of hydrogen-bond donors (Lipinski definition) is 1. The second kappa shape index (κ2) is 8.86. The Morgan fingerprint density at radius 2 is 1.69 bits per heavy atom. The van der Waals surface area contributed by atoms with Gasteiger partial charge >= 0.3 is 0 Å². The molecule has 0 saturated heterocycles. The minimum Gasteiger partial charge on any atom is -0.354 e. The Balaban J connectivity index is 3.99. The van der Waals surface area contributed by atoms with Gasteiger partial charge in [-0.15, -0.1) is 11.6 Å². The number of rotatable bonds is 8. The van der Waals surface area contributed by atoms with E-state index in [0.29, 0.717) is 12.5 Å². The third kappa shape index (κ3) is 6.37. The number of carbonyl (C=O) groups excluding carboxylic acids is 1. The molecule has 0 aromatic rings. The Morgan fingerprint density at radius 3 is 2.06 bits per heavy atom. The van der Waals surface area contributed by atoms with Crippen molar-refractivity contribution in [1.82, 2.24) is 5.32 Å². The second-order valence-electron chi connectivity index (χ2n) is 4.78. The Hall–Kier alpha value is -0.240. The highest BCUT2D eigenvalue weighted by atomic mass is 35.5. The lowest BCUT2D eigenvalue weighted by Gasteiger charge is -2.18. The van der Waals surface area contributed by atoms with Gasteiger partial charge in [-0.05, 0) is 18.8 Å².